The average Bonchev–Trinajstić information content (AvgIpc) is 3.36. The molecular formula is C32H50N4O17P2Si. The summed E-state index contributed by atoms with van der Waals surface area (Å²) in [7, 11) is -11.0. The van der Waals surface area contributed by atoms with Crippen LogP contribution in [0.3, 0.4) is 0 Å². The van der Waals surface area contributed by atoms with E-state index >= 15 is 0 Å². The van der Waals surface area contributed by atoms with E-state index < -0.39 is 110 Å². The first kappa shape index (κ1) is 45.8. The van der Waals surface area contributed by atoms with Gasteiger partial charge < -0.3 is 47.1 Å². The molecule has 1 amide bonds. The van der Waals surface area contributed by atoms with E-state index in [9.17, 15) is 33.4 Å². The number of carbonyl (C=O) groups excluding carboxylic acids is 3. The van der Waals surface area contributed by atoms with Gasteiger partial charge in [0.1, 0.15) is 12.2 Å². The molecule has 1 aromatic heterocycles. The molecule has 2 unspecified atom stereocenters. The Hall–Kier alpha value is -2.90. The highest BCUT2D eigenvalue weighted by Gasteiger charge is 2.63. The first-order valence-electron chi connectivity index (χ1n) is 17.7. The summed E-state index contributed by atoms with van der Waals surface area (Å²) >= 11 is 0. The van der Waals surface area contributed by atoms with E-state index in [0.717, 1.165) is 30.7 Å². The third kappa shape index (κ3) is 11.2. The van der Waals surface area contributed by atoms with Crippen LogP contribution in [0, 0.1) is 11.3 Å². The molecule has 3 saturated heterocycles. The molecule has 0 radical (unpaired) electrons. The van der Waals surface area contributed by atoms with Gasteiger partial charge in [0, 0.05) is 49.5 Å². The Labute approximate surface area is 325 Å². The van der Waals surface area contributed by atoms with Gasteiger partial charge in [0.25, 0.3) is 5.56 Å². The zero-order valence-electron chi connectivity index (χ0n) is 32.6. The predicted molar refractivity (Wildman–Crippen MR) is 194 cm³/mol. The van der Waals surface area contributed by atoms with Gasteiger partial charge in [-0.2, -0.15) is 5.26 Å². The van der Waals surface area contributed by atoms with E-state index in [1.165, 1.54) is 6.92 Å². The van der Waals surface area contributed by atoms with Crippen LogP contribution < -0.4 is 16.6 Å². The molecule has 4 heterocycles. The summed E-state index contributed by atoms with van der Waals surface area (Å²) in [5.41, 5.74) is -1.65. The minimum atomic E-state index is -5.20. The summed E-state index contributed by atoms with van der Waals surface area (Å²) < 4.78 is 72.5. The van der Waals surface area contributed by atoms with Crippen LogP contribution in [-0.2, 0) is 64.6 Å². The summed E-state index contributed by atoms with van der Waals surface area (Å²) in [6.45, 7) is 14.8. The molecule has 1 aromatic rings. The smallest absolute Gasteiger partial charge is 0.456 e. The molecule has 24 heteroatoms. The summed E-state index contributed by atoms with van der Waals surface area (Å²) in [4.78, 5) is 73.9. The summed E-state index contributed by atoms with van der Waals surface area (Å²) in [6, 6.07) is 1.89. The summed E-state index contributed by atoms with van der Waals surface area (Å²) in [6.07, 6.45) is -7.40. The molecule has 3 N–H and O–H groups in total. The lowest BCUT2D eigenvalue weighted by atomic mass is 10.0. The van der Waals surface area contributed by atoms with E-state index in [0.29, 0.717) is 0 Å². The molecule has 314 valence electrons. The van der Waals surface area contributed by atoms with Gasteiger partial charge in [-0.3, -0.25) is 33.3 Å². The highest BCUT2D eigenvalue weighted by Crippen LogP contribution is 2.60. The largest absolute Gasteiger partial charge is 0.481 e. The van der Waals surface area contributed by atoms with Crippen molar-refractivity contribution in [1.82, 2.24) is 14.9 Å². The van der Waals surface area contributed by atoms with Crippen molar-refractivity contribution in [2.24, 2.45) is 0 Å². The number of hydrogen-bond donors (Lipinski definition) is 3. The molecule has 0 bridgehead atoms. The van der Waals surface area contributed by atoms with Crippen molar-refractivity contribution >= 4 is 42.8 Å². The van der Waals surface area contributed by atoms with Crippen LogP contribution in [0.15, 0.2) is 21.9 Å². The molecule has 3 aliphatic heterocycles. The number of nitrogens with zero attached hydrogens (tertiary/aromatic N) is 2. The van der Waals surface area contributed by atoms with Crippen LogP contribution in [0.25, 0.3) is 0 Å². The Morgan fingerprint density at radius 1 is 1.05 bits per heavy atom. The van der Waals surface area contributed by atoms with E-state index in [4.69, 9.17) is 50.9 Å². The van der Waals surface area contributed by atoms with Crippen molar-refractivity contribution in [3.05, 3.63) is 33.1 Å². The zero-order valence-corrected chi connectivity index (χ0v) is 35.4. The van der Waals surface area contributed by atoms with Gasteiger partial charge in [-0.05, 0) is 0 Å². The Kier molecular flexibility index (Phi) is 15.0. The number of rotatable bonds is 14. The second kappa shape index (κ2) is 18.3. The molecule has 4 rings (SSSR count). The number of esters is 2. The maximum atomic E-state index is 13.6. The van der Waals surface area contributed by atoms with E-state index in [1.54, 1.807) is 0 Å². The van der Waals surface area contributed by atoms with Gasteiger partial charge in [-0.25, -0.2) is 13.7 Å². The Morgan fingerprint density at radius 3 is 2.27 bits per heavy atom. The van der Waals surface area contributed by atoms with Crippen molar-refractivity contribution in [1.29, 1.82) is 5.26 Å². The molecule has 0 saturated carbocycles. The lowest BCUT2D eigenvalue weighted by Gasteiger charge is -2.56. The fraction of sp³-hybridized carbons (Fsp3) is 0.750. The van der Waals surface area contributed by atoms with Crippen molar-refractivity contribution in [2.75, 3.05) is 19.8 Å². The van der Waals surface area contributed by atoms with Gasteiger partial charge >= 0.3 is 42.6 Å². The molecule has 0 aliphatic carbocycles. The highest BCUT2D eigenvalue weighted by molar-refractivity contribution is 7.58. The fourth-order valence-corrected chi connectivity index (χ4v) is 14.2. The number of hydrogen-bond acceptors (Lipinski definition) is 17. The van der Waals surface area contributed by atoms with Crippen molar-refractivity contribution in [2.45, 2.75) is 134 Å². The molecule has 56 heavy (non-hydrogen) atoms. The molecule has 0 aromatic carbocycles. The third-order valence-electron chi connectivity index (χ3n) is 8.85. The van der Waals surface area contributed by atoms with Crippen LogP contribution in [0.5, 0.6) is 0 Å². The quantitative estimate of drug-likeness (QED) is 0.105. The predicted octanol–water partition coefficient (Wildman–Crippen LogP) is 2.68. The van der Waals surface area contributed by atoms with E-state index in [2.05, 4.69) is 10.3 Å². The van der Waals surface area contributed by atoms with Crippen molar-refractivity contribution in [3.8, 4) is 6.07 Å². The highest BCUT2D eigenvalue weighted by atomic mass is 31.3. The van der Waals surface area contributed by atoms with E-state index in [-0.39, 0.29) is 36.1 Å². The van der Waals surface area contributed by atoms with Gasteiger partial charge in [-0.1, -0.05) is 41.5 Å². The minimum Gasteiger partial charge on any atom is -0.456 e. The molecular weight excluding hydrogens is 802 g/mol. The summed E-state index contributed by atoms with van der Waals surface area (Å²) in [5.74, 6) is -2.12. The van der Waals surface area contributed by atoms with Gasteiger partial charge in [-0.15, -0.1) is 0 Å². The zero-order chi connectivity index (χ0) is 41.8. The number of nitriles is 1. The minimum absolute atomic E-state index is 0.0904. The number of phosphoric ester groups is 1. The van der Waals surface area contributed by atoms with Crippen LogP contribution in [0.2, 0.25) is 10.1 Å². The van der Waals surface area contributed by atoms with E-state index in [1.807, 2.05) is 47.6 Å². The van der Waals surface area contributed by atoms with Gasteiger partial charge in [0.15, 0.2) is 24.7 Å². The molecule has 3 fully saturated rings. The number of aromatic amines is 1. The second-order valence-electron chi connectivity index (χ2n) is 15.3. The number of aromatic nitrogens is 2. The number of ether oxygens (including phenoxy) is 4. The van der Waals surface area contributed by atoms with Crippen LogP contribution in [0.1, 0.15) is 81.4 Å². The first-order chi connectivity index (χ1) is 26.0. The number of nitrogens with one attached hydrogen (secondary N) is 2. The molecule has 0 spiro atoms. The summed E-state index contributed by atoms with van der Waals surface area (Å²) in [5, 5.41) is 11.1. The van der Waals surface area contributed by atoms with Crippen molar-refractivity contribution < 1.29 is 69.5 Å². The number of H-pyrrole nitrogens is 1. The SMILES string of the molecule is CC(=O)N[C@@H]1C[C@@H]2O[Si](C(C)(C)C)(C(C)(C)C)OC[C@H]2O[C@@H]1OP(=O)(O)OP(OCCC#N)OC[C@H]1O[C@@H](n2ccc(=O)[nH]c2=O)[C@H](OC(C)=O)[C@@H]1OC(C)=O. The fourth-order valence-electron chi connectivity index (χ4n) is 6.95. The maximum Gasteiger partial charge on any atom is 0.481 e. The maximum absolute atomic E-state index is 13.6. The molecule has 10 atom stereocenters. The van der Waals surface area contributed by atoms with Gasteiger partial charge in [0.05, 0.1) is 44.5 Å². The monoisotopic (exact) mass is 852 g/mol. The number of carbonyl (C=O) groups is 3. The van der Waals surface area contributed by atoms with Gasteiger partial charge in [0.2, 0.25) is 5.91 Å². The number of fused-ring (bicyclic) bond motifs is 1. The number of phosphoric acid groups is 1. The second-order valence-corrected chi connectivity index (χ2v) is 22.8. The Morgan fingerprint density at radius 2 is 1.70 bits per heavy atom. The van der Waals surface area contributed by atoms with Crippen LogP contribution in [-0.4, -0.2) is 104 Å². The van der Waals surface area contributed by atoms with Crippen LogP contribution in [0.4, 0.5) is 0 Å². The topological polar surface area (TPSA) is 271 Å². The third-order valence-corrected chi connectivity index (χ3v) is 16.6. The average molecular weight is 853 g/mol. The lowest BCUT2D eigenvalue weighted by molar-refractivity contribution is -0.228. The molecule has 3 aliphatic rings. The Balaban J connectivity index is 1.54. The molecule has 21 nitrogen and oxygen atoms in total. The number of amides is 1. The first-order valence-corrected chi connectivity index (χ1v) is 22.1. The Bertz CT molecular complexity index is 1780. The van der Waals surface area contributed by atoms with Crippen LogP contribution >= 0.6 is 16.4 Å². The lowest BCUT2D eigenvalue weighted by Crippen LogP contribution is -2.68. The standard InChI is InChI=1S/C32H50N4O17P2Si/c1-18(37)34-21-15-22-23(17-46-56(52-22,31(4,5)6)32(7,8)9)50-29(21)51-55(42,43)53-54(44-14-10-12-33)45-16-24-26(47-19(2)38)27(48-20(3)39)28(49-24)36-13-11-25(40)35-30(36)41/h11,13,21-24,26-29H,10,14-17H2,1-9H3,(H,34,37)(H,42,43)(H,35,40,41)/t21-,22+,23-,24-,26-,27-,28-,29-,54?/m1/s1. The van der Waals surface area contributed by atoms with Crippen molar-refractivity contribution in [3.63, 3.8) is 0 Å². The normalized spacial score (nSPS) is 29.2.